The highest BCUT2D eigenvalue weighted by Crippen LogP contribution is 2.39. The molecule has 26 heavy (non-hydrogen) atoms. The Bertz CT molecular complexity index is 591. The van der Waals surface area contributed by atoms with Crippen molar-refractivity contribution in [1.82, 2.24) is 0 Å². The summed E-state index contributed by atoms with van der Waals surface area (Å²) in [5, 5.41) is 39.7. The third-order valence-electron chi connectivity index (χ3n) is 5.22. The van der Waals surface area contributed by atoms with Gasteiger partial charge in [0.15, 0.2) is 6.29 Å². The molecule has 0 unspecified atom stereocenters. The lowest BCUT2D eigenvalue weighted by Gasteiger charge is -2.47. The van der Waals surface area contributed by atoms with Crippen molar-refractivity contribution in [2.75, 3.05) is 13.2 Å². The van der Waals surface area contributed by atoms with Crippen LogP contribution in [0.2, 0.25) is 0 Å². The maximum absolute atomic E-state index is 11.8. The molecule has 2 saturated heterocycles. The Morgan fingerprint density at radius 1 is 1.35 bits per heavy atom. The maximum Gasteiger partial charge on any atom is 0.337 e. The van der Waals surface area contributed by atoms with Gasteiger partial charge in [-0.3, -0.25) is 0 Å². The minimum Gasteiger partial charge on any atom is -0.471 e. The topological polar surface area (TPSA) is 135 Å². The summed E-state index contributed by atoms with van der Waals surface area (Å²) in [5.41, 5.74) is -1.13. The first-order valence-corrected chi connectivity index (χ1v) is 8.46. The monoisotopic (exact) mass is 372 g/mol. The molecule has 0 aromatic rings. The van der Waals surface area contributed by atoms with Crippen molar-refractivity contribution in [3.05, 3.63) is 24.5 Å². The SMILES string of the molecule is C=C[C@H]1[C@H](O[C@@H]2O[C@](C)(CO)[C@H](O)[C@@H](O)[C@H]2O)OC=C2C(=O)OCC[C@H]21. The Kier molecular flexibility index (Phi) is 5.38. The molecular weight excluding hydrogens is 348 g/mol. The van der Waals surface area contributed by atoms with E-state index >= 15 is 0 Å². The molecule has 0 saturated carbocycles. The summed E-state index contributed by atoms with van der Waals surface area (Å²) in [5.74, 6) is -1.08. The Balaban J connectivity index is 1.79. The molecule has 3 aliphatic rings. The van der Waals surface area contributed by atoms with Gasteiger partial charge >= 0.3 is 5.97 Å². The van der Waals surface area contributed by atoms with Crippen molar-refractivity contribution in [2.24, 2.45) is 11.8 Å². The van der Waals surface area contributed by atoms with E-state index in [0.717, 1.165) is 0 Å². The van der Waals surface area contributed by atoms with Crippen LogP contribution in [-0.4, -0.2) is 76.1 Å². The van der Waals surface area contributed by atoms with Crippen LogP contribution in [0, 0.1) is 11.8 Å². The summed E-state index contributed by atoms with van der Waals surface area (Å²) in [6.07, 6.45) is -3.49. The molecule has 3 heterocycles. The second-order valence-electron chi connectivity index (χ2n) is 6.94. The number of hydrogen-bond donors (Lipinski definition) is 4. The minimum absolute atomic E-state index is 0.215. The van der Waals surface area contributed by atoms with Crippen LogP contribution in [0.1, 0.15) is 13.3 Å². The summed E-state index contributed by atoms with van der Waals surface area (Å²) in [6.45, 7) is 4.84. The molecule has 0 aromatic carbocycles. The van der Waals surface area contributed by atoms with Crippen molar-refractivity contribution in [3.63, 3.8) is 0 Å². The molecule has 0 bridgehead atoms. The number of hydrogen-bond acceptors (Lipinski definition) is 9. The zero-order valence-electron chi connectivity index (χ0n) is 14.4. The Hall–Kier alpha value is -1.49. The number of carbonyl (C=O) groups excluding carboxylic acids is 1. The number of cyclic esters (lactones) is 1. The molecule has 8 atom stereocenters. The van der Waals surface area contributed by atoms with E-state index in [-0.39, 0.29) is 12.5 Å². The van der Waals surface area contributed by atoms with Crippen molar-refractivity contribution < 1.29 is 44.2 Å². The van der Waals surface area contributed by atoms with E-state index in [1.807, 2.05) is 0 Å². The summed E-state index contributed by atoms with van der Waals surface area (Å²) in [6, 6.07) is 0. The fourth-order valence-corrected chi connectivity index (χ4v) is 3.51. The van der Waals surface area contributed by atoms with Crippen LogP contribution < -0.4 is 0 Å². The Morgan fingerprint density at radius 2 is 2.08 bits per heavy atom. The second kappa shape index (κ2) is 7.26. The lowest BCUT2D eigenvalue weighted by molar-refractivity contribution is -0.363. The first-order valence-electron chi connectivity index (χ1n) is 8.46. The number of aliphatic hydroxyl groups is 4. The molecule has 0 aliphatic carbocycles. The summed E-state index contributed by atoms with van der Waals surface area (Å²) in [4.78, 5) is 11.8. The average Bonchev–Trinajstić information content (AvgIpc) is 2.64. The number of ether oxygens (including phenoxy) is 4. The summed E-state index contributed by atoms with van der Waals surface area (Å²) >= 11 is 0. The van der Waals surface area contributed by atoms with Gasteiger partial charge in [-0.25, -0.2) is 4.79 Å². The van der Waals surface area contributed by atoms with Crippen LogP contribution in [-0.2, 0) is 23.7 Å². The van der Waals surface area contributed by atoms with Gasteiger partial charge in [-0.05, 0) is 13.3 Å². The highest BCUT2D eigenvalue weighted by Gasteiger charge is 2.53. The standard InChI is InChI=1S/C17H24O9/c1-3-8-9-4-5-23-14(22)10(9)6-24-15(8)25-16-12(20)11(19)13(21)17(2,7-18)26-16/h3,6,8-9,11-13,15-16,18-21H,1,4-5,7H2,2H3/t8-,9+,11+,12-,13-,15+,16-,17-/m1/s1. The lowest BCUT2D eigenvalue weighted by Crippen LogP contribution is -2.65. The Labute approximate surface area is 150 Å². The van der Waals surface area contributed by atoms with E-state index in [0.29, 0.717) is 12.0 Å². The van der Waals surface area contributed by atoms with Gasteiger partial charge in [0, 0.05) is 11.8 Å². The van der Waals surface area contributed by atoms with Crippen molar-refractivity contribution in [1.29, 1.82) is 0 Å². The molecule has 3 aliphatic heterocycles. The highest BCUT2D eigenvalue weighted by molar-refractivity contribution is 5.89. The van der Waals surface area contributed by atoms with E-state index in [4.69, 9.17) is 18.9 Å². The van der Waals surface area contributed by atoms with Crippen LogP contribution in [0.5, 0.6) is 0 Å². The van der Waals surface area contributed by atoms with Crippen LogP contribution in [0.3, 0.4) is 0 Å². The quantitative estimate of drug-likeness (QED) is 0.354. The summed E-state index contributed by atoms with van der Waals surface area (Å²) < 4.78 is 21.7. The van der Waals surface area contributed by atoms with E-state index in [1.165, 1.54) is 13.2 Å². The predicted octanol–water partition coefficient (Wildman–Crippen LogP) is -1.20. The second-order valence-corrected chi connectivity index (χ2v) is 6.94. The smallest absolute Gasteiger partial charge is 0.337 e. The normalized spacial score (nSPS) is 45.8. The molecule has 0 aromatic heterocycles. The van der Waals surface area contributed by atoms with Gasteiger partial charge < -0.3 is 39.4 Å². The molecule has 146 valence electrons. The molecule has 2 fully saturated rings. The third-order valence-corrected chi connectivity index (χ3v) is 5.22. The largest absolute Gasteiger partial charge is 0.471 e. The minimum atomic E-state index is -1.58. The van der Waals surface area contributed by atoms with Gasteiger partial charge in [-0.2, -0.15) is 0 Å². The molecule has 0 amide bonds. The van der Waals surface area contributed by atoms with Gasteiger partial charge in [0.25, 0.3) is 0 Å². The van der Waals surface area contributed by atoms with Gasteiger partial charge in [0.05, 0.1) is 25.0 Å². The number of carbonyl (C=O) groups is 1. The number of rotatable bonds is 4. The molecule has 4 N–H and O–H groups in total. The molecule has 9 heteroatoms. The number of fused-ring (bicyclic) bond motifs is 1. The van der Waals surface area contributed by atoms with E-state index < -0.39 is 55.0 Å². The first-order chi connectivity index (χ1) is 12.3. The van der Waals surface area contributed by atoms with Crippen LogP contribution >= 0.6 is 0 Å². The number of aliphatic hydroxyl groups excluding tert-OH is 4. The predicted molar refractivity (Wildman–Crippen MR) is 85.2 cm³/mol. The highest BCUT2D eigenvalue weighted by atomic mass is 16.8. The van der Waals surface area contributed by atoms with Gasteiger partial charge in [0.1, 0.15) is 23.9 Å². The van der Waals surface area contributed by atoms with Crippen molar-refractivity contribution >= 4 is 5.97 Å². The summed E-state index contributed by atoms with van der Waals surface area (Å²) in [7, 11) is 0. The van der Waals surface area contributed by atoms with Crippen molar-refractivity contribution in [2.45, 2.75) is 49.8 Å². The van der Waals surface area contributed by atoms with E-state index in [9.17, 15) is 25.2 Å². The van der Waals surface area contributed by atoms with Crippen LogP contribution in [0.25, 0.3) is 0 Å². The fourth-order valence-electron chi connectivity index (χ4n) is 3.51. The maximum atomic E-state index is 11.8. The third kappa shape index (κ3) is 3.15. The molecule has 9 nitrogen and oxygen atoms in total. The molecule has 3 rings (SSSR count). The lowest BCUT2D eigenvalue weighted by atomic mass is 9.80. The first kappa shape index (κ1) is 19.3. The average molecular weight is 372 g/mol. The van der Waals surface area contributed by atoms with Gasteiger partial charge in [-0.15, -0.1) is 6.58 Å². The van der Waals surface area contributed by atoms with E-state index in [1.54, 1.807) is 6.08 Å². The molecule has 0 radical (unpaired) electrons. The fraction of sp³-hybridized carbons (Fsp3) is 0.706. The van der Waals surface area contributed by atoms with Gasteiger partial charge in [0.2, 0.25) is 6.29 Å². The van der Waals surface area contributed by atoms with Crippen LogP contribution in [0.15, 0.2) is 24.5 Å². The van der Waals surface area contributed by atoms with Crippen LogP contribution in [0.4, 0.5) is 0 Å². The zero-order valence-corrected chi connectivity index (χ0v) is 14.4. The van der Waals surface area contributed by atoms with Gasteiger partial charge in [-0.1, -0.05) is 6.08 Å². The zero-order chi connectivity index (χ0) is 19.1. The Morgan fingerprint density at radius 3 is 2.73 bits per heavy atom. The number of esters is 1. The van der Waals surface area contributed by atoms with E-state index in [2.05, 4.69) is 6.58 Å². The molecular formula is C17H24O9. The molecule has 0 spiro atoms. The van der Waals surface area contributed by atoms with Crippen molar-refractivity contribution in [3.8, 4) is 0 Å².